The van der Waals surface area contributed by atoms with Crippen molar-refractivity contribution in [3.63, 3.8) is 0 Å². The van der Waals surface area contributed by atoms with Gasteiger partial charge in [0.1, 0.15) is 12.6 Å². The molecule has 8 nitrogen and oxygen atoms in total. The van der Waals surface area contributed by atoms with Crippen LogP contribution in [0.5, 0.6) is 0 Å². The highest BCUT2D eigenvalue weighted by molar-refractivity contribution is 6.21. The molecule has 8 heteroatoms. The number of ketones is 1. The Morgan fingerprint density at radius 3 is 2.77 bits per heavy atom. The van der Waals surface area contributed by atoms with Gasteiger partial charge in [0.05, 0.1) is 5.69 Å². The van der Waals surface area contributed by atoms with Crippen molar-refractivity contribution in [3.05, 3.63) is 29.8 Å². The summed E-state index contributed by atoms with van der Waals surface area (Å²) >= 11 is 0. The van der Waals surface area contributed by atoms with Gasteiger partial charge in [-0.15, -0.1) is 0 Å². The van der Waals surface area contributed by atoms with Crippen LogP contribution >= 0.6 is 0 Å². The summed E-state index contributed by atoms with van der Waals surface area (Å²) in [5, 5.41) is 2.83. The minimum Gasteiger partial charge on any atom is -0.375 e. The molecule has 2 fully saturated rings. The van der Waals surface area contributed by atoms with E-state index in [0.717, 1.165) is 4.90 Å². The smallest absolute Gasteiger partial charge is 0.332 e. The number of ether oxygens (including phenoxy) is 1. The topological polar surface area (TPSA) is 96.0 Å². The van der Waals surface area contributed by atoms with E-state index < -0.39 is 6.04 Å². The predicted octanol–water partition coefficient (Wildman–Crippen LogP) is 0.951. The number of nitrogens with zero attached hydrogens (tertiary/aromatic N) is 2. The van der Waals surface area contributed by atoms with Crippen LogP contribution in [0.2, 0.25) is 0 Å². The third-order valence-corrected chi connectivity index (χ3v) is 4.70. The maximum Gasteiger partial charge on any atom is 0.332 e. The summed E-state index contributed by atoms with van der Waals surface area (Å²) in [5.74, 6) is -0.709. The van der Waals surface area contributed by atoms with Crippen LogP contribution in [0.1, 0.15) is 30.1 Å². The molecule has 26 heavy (non-hydrogen) atoms. The van der Waals surface area contributed by atoms with Crippen LogP contribution in [0, 0.1) is 0 Å². The average molecular weight is 359 g/mol. The van der Waals surface area contributed by atoms with E-state index in [0.29, 0.717) is 30.6 Å². The van der Waals surface area contributed by atoms with Gasteiger partial charge in [0.25, 0.3) is 5.91 Å². The van der Waals surface area contributed by atoms with Crippen LogP contribution in [0.25, 0.3) is 0 Å². The minimum absolute atomic E-state index is 0.0400. The van der Waals surface area contributed by atoms with Crippen LogP contribution in [0.15, 0.2) is 24.3 Å². The molecule has 0 spiro atoms. The predicted molar refractivity (Wildman–Crippen MR) is 92.9 cm³/mol. The number of imide groups is 1. The maximum absolute atomic E-state index is 12.8. The molecule has 3 rings (SSSR count). The number of fused-ring (bicyclic) bond motifs is 1. The Morgan fingerprint density at radius 1 is 1.31 bits per heavy atom. The third-order valence-electron chi connectivity index (χ3n) is 4.70. The number of methoxy groups -OCH3 is 1. The quantitative estimate of drug-likeness (QED) is 0.624. The zero-order chi connectivity index (χ0) is 18.8. The molecule has 0 unspecified atom stereocenters. The average Bonchev–Trinajstić information content (AvgIpc) is 2.86. The lowest BCUT2D eigenvalue weighted by Crippen LogP contribution is -2.50. The van der Waals surface area contributed by atoms with E-state index in [-0.39, 0.29) is 36.3 Å². The number of anilines is 1. The van der Waals surface area contributed by atoms with Crippen molar-refractivity contribution >= 4 is 29.3 Å². The molecule has 0 radical (unpaired) electrons. The first kappa shape index (κ1) is 18.1. The second-order valence-electron chi connectivity index (χ2n) is 6.49. The summed E-state index contributed by atoms with van der Waals surface area (Å²) in [5.41, 5.74) is 0.833. The summed E-state index contributed by atoms with van der Waals surface area (Å²) < 4.78 is 4.80. The number of nitrogens with one attached hydrogen (secondary N) is 1. The molecule has 2 atom stereocenters. The van der Waals surface area contributed by atoms with Crippen molar-refractivity contribution < 1.29 is 23.9 Å². The SMILES string of the molecule is COCC(=O)N[C@H]1CCN2C(=O)N(c3cccc(C(C)=O)c3)C(=O)[C@@H]2C1. The molecule has 0 bridgehead atoms. The van der Waals surface area contributed by atoms with Gasteiger partial charge in [-0.3, -0.25) is 14.4 Å². The lowest BCUT2D eigenvalue weighted by Gasteiger charge is -2.32. The Balaban J connectivity index is 1.78. The van der Waals surface area contributed by atoms with Gasteiger partial charge in [0, 0.05) is 25.3 Å². The summed E-state index contributed by atoms with van der Waals surface area (Å²) in [6.45, 7) is 1.78. The largest absolute Gasteiger partial charge is 0.375 e. The van der Waals surface area contributed by atoms with Crippen molar-refractivity contribution in [2.75, 3.05) is 25.2 Å². The summed E-state index contributed by atoms with van der Waals surface area (Å²) in [4.78, 5) is 51.5. The minimum atomic E-state index is -0.606. The molecular formula is C18H21N3O5. The molecule has 1 N–H and O–H groups in total. The van der Waals surface area contributed by atoms with Crippen LogP contribution in [-0.4, -0.2) is 60.9 Å². The fourth-order valence-corrected chi connectivity index (χ4v) is 3.43. The van der Waals surface area contributed by atoms with Crippen LogP contribution in [0.4, 0.5) is 10.5 Å². The number of hydrogen-bond acceptors (Lipinski definition) is 5. The zero-order valence-corrected chi connectivity index (χ0v) is 14.7. The molecular weight excluding hydrogens is 338 g/mol. The van der Waals surface area contributed by atoms with Crippen LogP contribution in [0.3, 0.4) is 0 Å². The molecule has 2 aliphatic rings. The van der Waals surface area contributed by atoms with Crippen LogP contribution in [-0.2, 0) is 14.3 Å². The normalized spacial score (nSPS) is 22.4. The fourth-order valence-electron chi connectivity index (χ4n) is 3.43. The summed E-state index contributed by atoms with van der Waals surface area (Å²) in [6.07, 6.45) is 0.940. The number of urea groups is 1. The second kappa shape index (κ2) is 7.25. The zero-order valence-electron chi connectivity index (χ0n) is 14.7. The van der Waals surface area contributed by atoms with E-state index in [9.17, 15) is 19.2 Å². The molecule has 2 aliphatic heterocycles. The second-order valence-corrected chi connectivity index (χ2v) is 6.49. The number of benzene rings is 1. The molecule has 0 saturated carbocycles. The van der Waals surface area contributed by atoms with E-state index in [2.05, 4.69) is 5.32 Å². The van der Waals surface area contributed by atoms with E-state index in [4.69, 9.17) is 4.74 Å². The number of carbonyl (C=O) groups excluding carboxylic acids is 4. The van der Waals surface area contributed by atoms with E-state index in [1.54, 1.807) is 24.3 Å². The fraction of sp³-hybridized carbons (Fsp3) is 0.444. The number of rotatable bonds is 5. The number of carbonyl (C=O) groups is 4. The number of hydrogen-bond donors (Lipinski definition) is 1. The molecule has 0 aromatic heterocycles. The molecule has 0 aliphatic carbocycles. The number of piperidine rings is 1. The number of amides is 4. The van der Waals surface area contributed by atoms with Crippen molar-refractivity contribution in [2.24, 2.45) is 0 Å². The Labute approximate surface area is 151 Å². The lowest BCUT2D eigenvalue weighted by molar-refractivity contribution is -0.127. The molecule has 2 heterocycles. The van der Waals surface area contributed by atoms with Gasteiger partial charge in [0.15, 0.2) is 5.78 Å². The van der Waals surface area contributed by atoms with Crippen molar-refractivity contribution in [1.29, 1.82) is 0 Å². The highest BCUT2D eigenvalue weighted by atomic mass is 16.5. The molecule has 1 aromatic rings. The van der Waals surface area contributed by atoms with Gasteiger partial charge >= 0.3 is 6.03 Å². The van der Waals surface area contributed by atoms with E-state index in [1.807, 2.05) is 0 Å². The molecule has 2 saturated heterocycles. The van der Waals surface area contributed by atoms with Crippen molar-refractivity contribution in [2.45, 2.75) is 31.8 Å². The first-order valence-electron chi connectivity index (χ1n) is 8.46. The van der Waals surface area contributed by atoms with Crippen molar-refractivity contribution in [1.82, 2.24) is 10.2 Å². The summed E-state index contributed by atoms with van der Waals surface area (Å²) in [6, 6.07) is 5.31. The Kier molecular flexibility index (Phi) is 5.03. The summed E-state index contributed by atoms with van der Waals surface area (Å²) in [7, 11) is 1.44. The lowest BCUT2D eigenvalue weighted by atomic mass is 9.98. The standard InChI is InChI=1S/C18H21N3O5/c1-11(22)12-4-3-5-14(8-12)21-17(24)15-9-13(19-16(23)10-26-2)6-7-20(15)18(21)25/h3-5,8,13,15H,6-7,9-10H2,1-2H3,(H,19,23)/t13-,15-/m0/s1. The highest BCUT2D eigenvalue weighted by Crippen LogP contribution is 2.31. The van der Waals surface area contributed by atoms with Gasteiger partial charge in [-0.05, 0) is 31.9 Å². The first-order chi connectivity index (χ1) is 12.4. The highest BCUT2D eigenvalue weighted by Gasteiger charge is 2.48. The number of Topliss-reactive ketones (excluding diaryl/α,β-unsaturated/α-hetero) is 1. The van der Waals surface area contributed by atoms with Gasteiger partial charge in [-0.1, -0.05) is 12.1 Å². The van der Waals surface area contributed by atoms with Gasteiger partial charge in [-0.2, -0.15) is 0 Å². The molecule has 138 valence electrons. The third kappa shape index (κ3) is 3.32. The monoisotopic (exact) mass is 359 g/mol. The van der Waals surface area contributed by atoms with Gasteiger partial charge < -0.3 is 15.0 Å². The van der Waals surface area contributed by atoms with Crippen molar-refractivity contribution in [3.8, 4) is 0 Å². The maximum atomic E-state index is 12.8. The van der Waals surface area contributed by atoms with Gasteiger partial charge in [0.2, 0.25) is 5.91 Å². The molecule has 4 amide bonds. The first-order valence-corrected chi connectivity index (χ1v) is 8.46. The van der Waals surface area contributed by atoms with E-state index in [1.165, 1.54) is 18.9 Å². The Morgan fingerprint density at radius 2 is 2.08 bits per heavy atom. The van der Waals surface area contributed by atoms with Crippen LogP contribution < -0.4 is 10.2 Å². The van der Waals surface area contributed by atoms with E-state index >= 15 is 0 Å². The van der Waals surface area contributed by atoms with Gasteiger partial charge in [-0.25, -0.2) is 9.69 Å². The Hall–Kier alpha value is -2.74. The Bertz CT molecular complexity index is 763. The molecule has 1 aromatic carbocycles.